The third kappa shape index (κ3) is 4.80. The molecule has 6 heteroatoms. The Kier molecular flexibility index (Phi) is 6.26. The molecule has 2 N–H and O–H groups in total. The van der Waals surface area contributed by atoms with Crippen molar-refractivity contribution in [3.05, 3.63) is 12.3 Å². The molecule has 0 unspecified atom stereocenters. The van der Waals surface area contributed by atoms with Gasteiger partial charge in [-0.1, -0.05) is 13.8 Å². The predicted octanol–water partition coefficient (Wildman–Crippen LogP) is 2.27. The van der Waals surface area contributed by atoms with E-state index in [0.29, 0.717) is 12.1 Å². The first-order chi connectivity index (χ1) is 11.8. The van der Waals surface area contributed by atoms with Crippen molar-refractivity contribution < 1.29 is 0 Å². The average Bonchev–Trinajstić information content (AvgIpc) is 2.63. The Labute approximate surface area is 146 Å². The van der Waals surface area contributed by atoms with Gasteiger partial charge in [-0.15, -0.1) is 0 Å². The van der Waals surface area contributed by atoms with E-state index in [-0.39, 0.29) is 0 Å². The van der Waals surface area contributed by atoms with Gasteiger partial charge in [0, 0.05) is 44.5 Å². The zero-order valence-corrected chi connectivity index (χ0v) is 15.2. The summed E-state index contributed by atoms with van der Waals surface area (Å²) in [5.74, 6) is 1.72. The Morgan fingerprint density at radius 2 is 1.46 bits per heavy atom. The minimum Gasteiger partial charge on any atom is -0.367 e. The first-order valence-corrected chi connectivity index (χ1v) is 9.57. The van der Waals surface area contributed by atoms with Gasteiger partial charge >= 0.3 is 0 Å². The highest BCUT2D eigenvalue weighted by molar-refractivity contribution is 5.41. The molecule has 0 saturated carbocycles. The van der Waals surface area contributed by atoms with Crippen LogP contribution in [0.25, 0.3) is 0 Å². The third-order valence-electron chi connectivity index (χ3n) is 5.41. The van der Waals surface area contributed by atoms with E-state index < -0.39 is 0 Å². The monoisotopic (exact) mass is 332 g/mol. The molecule has 2 aliphatic rings. The fourth-order valence-corrected chi connectivity index (χ4v) is 3.69. The molecule has 2 saturated heterocycles. The fourth-order valence-electron chi connectivity index (χ4n) is 3.69. The van der Waals surface area contributed by atoms with Crippen LogP contribution in [-0.2, 0) is 0 Å². The molecule has 2 fully saturated rings. The lowest BCUT2D eigenvalue weighted by Crippen LogP contribution is -2.39. The van der Waals surface area contributed by atoms with Gasteiger partial charge in [0.1, 0.15) is 5.82 Å². The predicted molar refractivity (Wildman–Crippen MR) is 99.5 cm³/mol. The van der Waals surface area contributed by atoms with Crippen LogP contribution in [0.5, 0.6) is 0 Å². The summed E-state index contributed by atoms with van der Waals surface area (Å²) in [6.45, 7) is 11.5. The van der Waals surface area contributed by atoms with Gasteiger partial charge < -0.3 is 20.4 Å². The number of rotatable bonds is 6. The Bertz CT molecular complexity index is 451. The summed E-state index contributed by atoms with van der Waals surface area (Å²) >= 11 is 0. The second-order valence-corrected chi connectivity index (χ2v) is 6.97. The topological polar surface area (TPSA) is 56.3 Å². The average molecular weight is 332 g/mol. The molecule has 0 amide bonds. The van der Waals surface area contributed by atoms with Gasteiger partial charge in [-0.2, -0.15) is 4.98 Å². The van der Waals surface area contributed by atoms with Crippen molar-refractivity contribution in [1.82, 2.24) is 19.8 Å². The molecule has 6 nitrogen and oxygen atoms in total. The highest BCUT2D eigenvalue weighted by Crippen LogP contribution is 2.17. The van der Waals surface area contributed by atoms with Gasteiger partial charge in [0.15, 0.2) is 0 Å². The lowest BCUT2D eigenvalue weighted by Gasteiger charge is -2.32. The summed E-state index contributed by atoms with van der Waals surface area (Å²) in [5.41, 5.74) is 0. The van der Waals surface area contributed by atoms with E-state index in [1.807, 2.05) is 12.3 Å². The van der Waals surface area contributed by atoms with Crippen LogP contribution >= 0.6 is 0 Å². The van der Waals surface area contributed by atoms with E-state index in [0.717, 1.165) is 24.9 Å². The second kappa shape index (κ2) is 8.62. The van der Waals surface area contributed by atoms with Gasteiger partial charge in [-0.3, -0.25) is 0 Å². The molecule has 134 valence electrons. The van der Waals surface area contributed by atoms with Gasteiger partial charge in [0.2, 0.25) is 5.95 Å². The SMILES string of the molecule is CCN1CCC(Nc2ccnc(NC3CCN(CC)CC3)n2)CC1. The smallest absolute Gasteiger partial charge is 0.224 e. The van der Waals surface area contributed by atoms with Crippen molar-refractivity contribution in [3.63, 3.8) is 0 Å². The molecule has 1 aromatic rings. The quantitative estimate of drug-likeness (QED) is 0.833. The maximum Gasteiger partial charge on any atom is 0.224 e. The van der Waals surface area contributed by atoms with Crippen molar-refractivity contribution in [2.75, 3.05) is 49.9 Å². The number of nitrogens with one attached hydrogen (secondary N) is 2. The number of hydrogen-bond acceptors (Lipinski definition) is 6. The van der Waals surface area contributed by atoms with Crippen LogP contribution in [-0.4, -0.2) is 71.1 Å². The van der Waals surface area contributed by atoms with Crippen molar-refractivity contribution in [3.8, 4) is 0 Å². The molecule has 0 atom stereocenters. The molecule has 3 heterocycles. The summed E-state index contributed by atoms with van der Waals surface area (Å²) in [4.78, 5) is 14.1. The molecule has 0 radical (unpaired) electrons. The highest BCUT2D eigenvalue weighted by atomic mass is 15.2. The Morgan fingerprint density at radius 1 is 0.917 bits per heavy atom. The summed E-state index contributed by atoms with van der Waals surface area (Å²) in [7, 11) is 0. The highest BCUT2D eigenvalue weighted by Gasteiger charge is 2.20. The normalized spacial score (nSPS) is 21.8. The van der Waals surface area contributed by atoms with Gasteiger partial charge in [-0.25, -0.2) is 4.98 Å². The van der Waals surface area contributed by atoms with Crippen molar-refractivity contribution in [2.24, 2.45) is 0 Å². The number of hydrogen-bond donors (Lipinski definition) is 2. The van der Waals surface area contributed by atoms with Crippen LogP contribution in [0, 0.1) is 0 Å². The summed E-state index contributed by atoms with van der Waals surface area (Å²) in [5, 5.41) is 7.12. The summed E-state index contributed by atoms with van der Waals surface area (Å²) in [6, 6.07) is 3.01. The van der Waals surface area contributed by atoms with Gasteiger partial charge in [0.05, 0.1) is 0 Å². The third-order valence-corrected chi connectivity index (χ3v) is 5.41. The maximum absolute atomic E-state index is 4.68. The van der Waals surface area contributed by atoms with Gasteiger partial charge in [0.25, 0.3) is 0 Å². The van der Waals surface area contributed by atoms with Crippen LogP contribution in [0.3, 0.4) is 0 Å². The molecular weight excluding hydrogens is 300 g/mol. The Morgan fingerprint density at radius 3 is 2.00 bits per heavy atom. The van der Waals surface area contributed by atoms with Crippen molar-refractivity contribution in [1.29, 1.82) is 0 Å². The molecule has 0 aliphatic carbocycles. The molecule has 0 spiro atoms. The first-order valence-electron chi connectivity index (χ1n) is 9.57. The zero-order chi connectivity index (χ0) is 16.8. The lowest BCUT2D eigenvalue weighted by molar-refractivity contribution is 0.229. The van der Waals surface area contributed by atoms with Crippen LogP contribution in [0.15, 0.2) is 12.3 Å². The van der Waals surface area contributed by atoms with Crippen LogP contribution in [0.1, 0.15) is 39.5 Å². The van der Waals surface area contributed by atoms with Crippen LogP contribution < -0.4 is 10.6 Å². The summed E-state index contributed by atoms with van der Waals surface area (Å²) in [6.07, 6.45) is 6.58. The number of nitrogens with zero attached hydrogens (tertiary/aromatic N) is 4. The fraction of sp³-hybridized carbons (Fsp3) is 0.778. The summed E-state index contributed by atoms with van der Waals surface area (Å²) < 4.78 is 0. The number of anilines is 2. The molecule has 2 aliphatic heterocycles. The van der Waals surface area contributed by atoms with E-state index in [4.69, 9.17) is 0 Å². The number of aromatic nitrogens is 2. The largest absolute Gasteiger partial charge is 0.367 e. The van der Waals surface area contributed by atoms with E-state index in [1.54, 1.807) is 0 Å². The Hall–Kier alpha value is -1.40. The molecular formula is C18H32N6. The molecule has 24 heavy (non-hydrogen) atoms. The molecule has 0 bridgehead atoms. The minimum atomic E-state index is 0.496. The number of piperidine rings is 2. The van der Waals surface area contributed by atoms with Crippen LogP contribution in [0.2, 0.25) is 0 Å². The second-order valence-electron chi connectivity index (χ2n) is 6.97. The zero-order valence-electron chi connectivity index (χ0n) is 15.2. The lowest BCUT2D eigenvalue weighted by atomic mass is 10.1. The van der Waals surface area contributed by atoms with Crippen LogP contribution in [0.4, 0.5) is 11.8 Å². The first kappa shape index (κ1) is 17.4. The molecule has 1 aromatic heterocycles. The van der Waals surface area contributed by atoms with Crippen molar-refractivity contribution >= 4 is 11.8 Å². The van der Waals surface area contributed by atoms with E-state index in [2.05, 4.69) is 44.2 Å². The van der Waals surface area contributed by atoms with E-state index in [1.165, 1.54) is 51.9 Å². The standard InChI is InChI=1S/C18H32N6/c1-3-23-11-6-15(7-12-23)20-17-5-10-19-18(22-17)21-16-8-13-24(4-2)14-9-16/h5,10,15-16H,3-4,6-9,11-14H2,1-2H3,(H2,19,20,21,22). The van der Waals surface area contributed by atoms with E-state index >= 15 is 0 Å². The minimum absolute atomic E-state index is 0.496. The van der Waals surface area contributed by atoms with E-state index in [9.17, 15) is 0 Å². The van der Waals surface area contributed by atoms with Crippen molar-refractivity contribution in [2.45, 2.75) is 51.6 Å². The maximum atomic E-state index is 4.68. The number of likely N-dealkylation sites (tertiary alicyclic amines) is 2. The molecule has 3 rings (SSSR count). The molecule has 0 aromatic carbocycles. The van der Waals surface area contributed by atoms with Gasteiger partial charge in [-0.05, 0) is 44.8 Å². The Balaban J connectivity index is 1.49.